The van der Waals surface area contributed by atoms with Gasteiger partial charge in [-0.05, 0) is 48.8 Å². The second-order valence-corrected chi connectivity index (χ2v) is 7.96. The number of carbonyl (C=O) groups is 1. The van der Waals surface area contributed by atoms with Crippen molar-refractivity contribution in [2.75, 3.05) is 0 Å². The van der Waals surface area contributed by atoms with Crippen molar-refractivity contribution in [2.24, 2.45) is 5.92 Å². The number of nitrogens with one attached hydrogen (secondary N) is 2. The lowest BCUT2D eigenvalue weighted by atomic mass is 9.88. The zero-order chi connectivity index (χ0) is 20.2. The lowest BCUT2D eigenvalue weighted by Gasteiger charge is -2.25. The number of nitrogens with zero attached hydrogens (tertiary/aromatic N) is 2. The topological polar surface area (TPSA) is 79.8 Å². The first-order valence-electron chi connectivity index (χ1n) is 10.1. The van der Waals surface area contributed by atoms with Crippen molar-refractivity contribution in [3.63, 3.8) is 0 Å². The first kappa shape index (κ1) is 19.5. The molecule has 0 radical (unpaired) electrons. The summed E-state index contributed by atoms with van der Waals surface area (Å²) in [5.74, 6) is 0.0769. The minimum Gasteiger partial charge on any atom is -0.347 e. The summed E-state index contributed by atoms with van der Waals surface area (Å²) in [5.41, 5.74) is 1.40. The zero-order valence-electron chi connectivity index (χ0n) is 16.1. The average Bonchev–Trinajstić information content (AvgIpc) is 2.77. The Bertz CT molecular complexity index is 1120. The van der Waals surface area contributed by atoms with E-state index in [9.17, 15) is 9.59 Å². The molecule has 0 bridgehead atoms. The van der Waals surface area contributed by atoms with E-state index < -0.39 is 0 Å². The number of aromatic amines is 1. The molecule has 0 aliphatic heterocycles. The normalized spacial score (nSPS) is 15.9. The molecular weight excluding hydrogens is 384 g/mol. The van der Waals surface area contributed by atoms with Crippen LogP contribution in [0, 0.1) is 10.7 Å². The number of H-pyrrole nitrogens is 1. The lowest BCUT2D eigenvalue weighted by Crippen LogP contribution is -2.38. The first-order valence-corrected chi connectivity index (χ1v) is 10.5. The van der Waals surface area contributed by atoms with Crippen molar-refractivity contribution >= 4 is 29.0 Å². The summed E-state index contributed by atoms with van der Waals surface area (Å²) in [6.45, 7) is 0.253. The molecule has 1 aliphatic rings. The molecule has 3 aromatic rings. The Kier molecular flexibility index (Phi) is 5.85. The maximum absolute atomic E-state index is 13.1. The van der Waals surface area contributed by atoms with E-state index >= 15 is 0 Å². The number of hydrogen-bond donors (Lipinski definition) is 2. The van der Waals surface area contributed by atoms with Gasteiger partial charge in [-0.3, -0.25) is 19.1 Å². The number of aromatic nitrogens is 3. The molecule has 2 heterocycles. The third-order valence-electron chi connectivity index (χ3n) is 5.63. The number of hydrogen-bond acceptors (Lipinski definition) is 4. The molecule has 7 heteroatoms. The fraction of sp³-hybridized carbons (Fsp3) is 0.364. The molecule has 2 aromatic heterocycles. The van der Waals surface area contributed by atoms with Crippen LogP contribution in [0.5, 0.6) is 0 Å². The van der Waals surface area contributed by atoms with Crippen molar-refractivity contribution in [3.05, 3.63) is 69.5 Å². The van der Waals surface area contributed by atoms with Crippen LogP contribution in [0.4, 0.5) is 0 Å². The molecule has 150 valence electrons. The standard InChI is InChI=1S/C22H24N4O2S/c27-20(15-7-2-1-3-8-15)24-19(16-9-6-12-23-13-16)14-26-21(28)17-10-4-5-11-18(17)25-22(26)29/h4-6,9-13,15,19H,1-3,7-8,14H2,(H,24,27)(H,25,29). The number of fused-ring (bicyclic) bond motifs is 1. The van der Waals surface area contributed by atoms with Crippen LogP contribution < -0.4 is 10.9 Å². The maximum Gasteiger partial charge on any atom is 0.262 e. The molecule has 1 amide bonds. The third kappa shape index (κ3) is 4.29. The molecule has 1 aliphatic carbocycles. The molecule has 6 nitrogen and oxygen atoms in total. The second kappa shape index (κ2) is 8.69. The monoisotopic (exact) mass is 408 g/mol. The van der Waals surface area contributed by atoms with E-state index in [2.05, 4.69) is 15.3 Å². The van der Waals surface area contributed by atoms with Gasteiger partial charge in [-0.15, -0.1) is 0 Å². The third-order valence-corrected chi connectivity index (χ3v) is 5.96. The average molecular weight is 409 g/mol. The molecule has 1 saturated carbocycles. The highest BCUT2D eigenvalue weighted by Gasteiger charge is 2.25. The molecule has 4 rings (SSSR count). The number of carbonyl (C=O) groups excluding carboxylic acids is 1. The Morgan fingerprint density at radius 2 is 2.00 bits per heavy atom. The fourth-order valence-corrected chi connectivity index (χ4v) is 4.29. The van der Waals surface area contributed by atoms with Gasteiger partial charge in [0.1, 0.15) is 0 Å². The Morgan fingerprint density at radius 3 is 2.76 bits per heavy atom. The Morgan fingerprint density at radius 1 is 1.21 bits per heavy atom. The highest BCUT2D eigenvalue weighted by molar-refractivity contribution is 7.71. The lowest BCUT2D eigenvalue weighted by molar-refractivity contribution is -0.126. The van der Waals surface area contributed by atoms with E-state index in [4.69, 9.17) is 12.2 Å². The van der Waals surface area contributed by atoms with Crippen LogP contribution >= 0.6 is 12.2 Å². The van der Waals surface area contributed by atoms with Crippen LogP contribution in [0.25, 0.3) is 10.9 Å². The van der Waals surface area contributed by atoms with Crippen molar-refractivity contribution in [3.8, 4) is 0 Å². The van der Waals surface area contributed by atoms with E-state index in [1.165, 1.54) is 11.0 Å². The van der Waals surface area contributed by atoms with Crippen LogP contribution in [-0.4, -0.2) is 20.4 Å². The van der Waals surface area contributed by atoms with E-state index in [0.29, 0.717) is 15.7 Å². The largest absolute Gasteiger partial charge is 0.347 e. The Balaban J connectivity index is 1.67. The Hall–Kier alpha value is -2.80. The number of rotatable bonds is 5. The van der Waals surface area contributed by atoms with E-state index in [1.807, 2.05) is 30.3 Å². The Labute approximate surface area is 174 Å². The second-order valence-electron chi connectivity index (χ2n) is 7.57. The molecule has 29 heavy (non-hydrogen) atoms. The van der Waals surface area contributed by atoms with Gasteiger partial charge in [0, 0.05) is 18.3 Å². The molecular formula is C22H24N4O2S. The van der Waals surface area contributed by atoms with Gasteiger partial charge >= 0.3 is 0 Å². The van der Waals surface area contributed by atoms with E-state index in [-0.39, 0.29) is 30.0 Å². The minimum absolute atomic E-state index is 0.0331. The maximum atomic E-state index is 13.1. The number of para-hydroxylation sites is 1. The number of amides is 1. The summed E-state index contributed by atoms with van der Waals surface area (Å²) in [7, 11) is 0. The van der Waals surface area contributed by atoms with Crippen LogP contribution in [0.3, 0.4) is 0 Å². The summed E-state index contributed by atoms with van der Waals surface area (Å²) in [6, 6.07) is 10.7. The van der Waals surface area contributed by atoms with Crippen LogP contribution in [0.15, 0.2) is 53.6 Å². The molecule has 1 atom stereocenters. The fourth-order valence-electron chi connectivity index (χ4n) is 4.02. The van der Waals surface area contributed by atoms with Crippen LogP contribution in [0.2, 0.25) is 0 Å². The highest BCUT2D eigenvalue weighted by atomic mass is 32.1. The molecule has 2 N–H and O–H groups in total. The highest BCUT2D eigenvalue weighted by Crippen LogP contribution is 2.25. The van der Waals surface area contributed by atoms with E-state index in [0.717, 1.165) is 31.2 Å². The van der Waals surface area contributed by atoms with Crippen molar-refractivity contribution in [2.45, 2.75) is 44.7 Å². The molecule has 1 aromatic carbocycles. The van der Waals surface area contributed by atoms with Crippen LogP contribution in [-0.2, 0) is 11.3 Å². The van der Waals surface area contributed by atoms with Gasteiger partial charge < -0.3 is 10.3 Å². The minimum atomic E-state index is -0.382. The van der Waals surface area contributed by atoms with E-state index in [1.54, 1.807) is 18.5 Å². The summed E-state index contributed by atoms with van der Waals surface area (Å²) in [5, 5.41) is 3.73. The van der Waals surface area contributed by atoms with Gasteiger partial charge in [0.2, 0.25) is 5.91 Å². The molecule has 1 fully saturated rings. The zero-order valence-corrected chi connectivity index (χ0v) is 17.0. The van der Waals surface area contributed by atoms with Gasteiger partial charge in [0.05, 0.1) is 23.5 Å². The summed E-state index contributed by atoms with van der Waals surface area (Å²) < 4.78 is 1.87. The van der Waals surface area contributed by atoms with Gasteiger partial charge in [-0.2, -0.15) is 0 Å². The van der Waals surface area contributed by atoms with Crippen LogP contribution in [0.1, 0.15) is 43.7 Å². The number of benzene rings is 1. The number of pyridine rings is 1. The first-order chi connectivity index (χ1) is 14.1. The predicted octanol–water partition coefficient (Wildman–Crippen LogP) is 3.89. The summed E-state index contributed by atoms with van der Waals surface area (Å²) in [6.07, 6.45) is 8.62. The van der Waals surface area contributed by atoms with Gasteiger partial charge in [-0.1, -0.05) is 37.5 Å². The van der Waals surface area contributed by atoms with Crippen molar-refractivity contribution < 1.29 is 4.79 Å². The predicted molar refractivity (Wildman–Crippen MR) is 115 cm³/mol. The molecule has 0 saturated heterocycles. The van der Waals surface area contributed by atoms with Gasteiger partial charge in [0.25, 0.3) is 5.56 Å². The molecule has 0 spiro atoms. The van der Waals surface area contributed by atoms with Gasteiger partial charge in [-0.25, -0.2) is 0 Å². The van der Waals surface area contributed by atoms with Gasteiger partial charge in [0.15, 0.2) is 4.77 Å². The van der Waals surface area contributed by atoms with Crippen molar-refractivity contribution in [1.29, 1.82) is 0 Å². The smallest absolute Gasteiger partial charge is 0.262 e. The molecule has 1 unspecified atom stereocenters. The SMILES string of the molecule is O=C(NC(Cn1c(=S)[nH]c2ccccc2c1=O)c1cccnc1)C1CCCCC1. The summed E-state index contributed by atoms with van der Waals surface area (Å²) >= 11 is 5.45. The van der Waals surface area contributed by atoms with Crippen molar-refractivity contribution in [1.82, 2.24) is 19.9 Å². The summed E-state index contributed by atoms with van der Waals surface area (Å²) in [4.78, 5) is 33.3. The quantitative estimate of drug-likeness (QED) is 0.628.